The number of aromatic nitrogens is 1. The molecule has 0 amide bonds. The van der Waals surface area contributed by atoms with Gasteiger partial charge >= 0.3 is 0 Å². The average Bonchev–Trinajstić information content (AvgIpc) is 2.89. The van der Waals surface area contributed by atoms with E-state index in [1.54, 1.807) is 0 Å². The summed E-state index contributed by atoms with van der Waals surface area (Å²) in [6, 6.07) is 9.21. The Bertz CT molecular complexity index is 575. The fourth-order valence-electron chi connectivity index (χ4n) is 2.59. The van der Waals surface area contributed by atoms with Gasteiger partial charge in [0, 0.05) is 9.77 Å². The zero-order valence-electron chi connectivity index (χ0n) is 12.0. The van der Waals surface area contributed by atoms with Crippen molar-refractivity contribution in [3.8, 4) is 0 Å². The molecule has 1 heterocycles. The summed E-state index contributed by atoms with van der Waals surface area (Å²) in [7, 11) is 2.04. The van der Waals surface area contributed by atoms with Gasteiger partial charge in [-0.15, -0.1) is 23.1 Å². The molecule has 0 spiro atoms. The van der Waals surface area contributed by atoms with E-state index in [-0.39, 0.29) is 0 Å². The smallest absolute Gasteiger partial charge is 0.103 e. The fraction of sp³-hybridized carbons (Fsp3) is 0.438. The van der Waals surface area contributed by atoms with Gasteiger partial charge in [-0.05, 0) is 45.4 Å². The molecule has 4 heteroatoms. The Kier molecular flexibility index (Phi) is 4.44. The predicted molar refractivity (Wildman–Crippen MR) is 87.6 cm³/mol. The highest BCUT2D eigenvalue weighted by molar-refractivity contribution is 7.98. The van der Waals surface area contributed by atoms with Crippen LogP contribution in [0.3, 0.4) is 0 Å². The Labute approximate surface area is 129 Å². The number of rotatable bonds is 4. The summed E-state index contributed by atoms with van der Waals surface area (Å²) in [6.07, 6.45) is 3.71. The molecule has 106 valence electrons. The lowest BCUT2D eigenvalue weighted by Crippen LogP contribution is -2.21. The quantitative estimate of drug-likeness (QED) is 0.851. The second-order valence-corrected chi connectivity index (χ2v) is 7.47. The molecule has 3 rings (SSSR count). The van der Waals surface area contributed by atoms with Crippen LogP contribution in [0.1, 0.15) is 40.0 Å². The lowest BCUT2D eigenvalue weighted by Gasteiger charge is -2.19. The van der Waals surface area contributed by atoms with Crippen molar-refractivity contribution in [1.82, 2.24) is 10.3 Å². The summed E-state index contributed by atoms with van der Waals surface area (Å²) < 4.78 is 0. The molecule has 0 saturated carbocycles. The molecule has 2 nitrogen and oxygen atoms in total. The topological polar surface area (TPSA) is 24.9 Å². The Morgan fingerprint density at radius 2 is 2.15 bits per heavy atom. The van der Waals surface area contributed by atoms with Crippen LogP contribution in [0, 0.1) is 6.92 Å². The standard InChI is InChI=1S/C16H20N2S2/c1-11-6-8-12(9-7-11)19-10-15-18-16-13(17-2)4-3-5-14(16)20-15/h6-9,13,17H,3-5,10H2,1-2H3. The minimum absolute atomic E-state index is 0.466. The number of aryl methyl sites for hydroxylation is 2. The maximum atomic E-state index is 4.87. The van der Waals surface area contributed by atoms with Crippen LogP contribution in [0.5, 0.6) is 0 Å². The Balaban J connectivity index is 1.69. The van der Waals surface area contributed by atoms with Crippen LogP contribution in [-0.4, -0.2) is 12.0 Å². The summed E-state index contributed by atoms with van der Waals surface area (Å²) in [6.45, 7) is 2.13. The Morgan fingerprint density at radius 1 is 1.35 bits per heavy atom. The molecular weight excluding hydrogens is 284 g/mol. The molecule has 0 radical (unpaired) electrons. The van der Waals surface area contributed by atoms with Gasteiger partial charge in [-0.2, -0.15) is 0 Å². The van der Waals surface area contributed by atoms with E-state index in [1.807, 2.05) is 30.1 Å². The van der Waals surface area contributed by atoms with Crippen LogP contribution in [0.4, 0.5) is 0 Å². The van der Waals surface area contributed by atoms with Gasteiger partial charge in [0.25, 0.3) is 0 Å². The van der Waals surface area contributed by atoms with Gasteiger partial charge in [-0.25, -0.2) is 4.98 Å². The van der Waals surface area contributed by atoms with E-state index >= 15 is 0 Å². The van der Waals surface area contributed by atoms with Crippen molar-refractivity contribution in [2.24, 2.45) is 0 Å². The molecule has 20 heavy (non-hydrogen) atoms. The second kappa shape index (κ2) is 6.29. The van der Waals surface area contributed by atoms with Crippen molar-refractivity contribution in [1.29, 1.82) is 0 Å². The highest BCUT2D eigenvalue weighted by Gasteiger charge is 2.23. The van der Waals surface area contributed by atoms with Crippen LogP contribution >= 0.6 is 23.1 Å². The van der Waals surface area contributed by atoms with Crippen molar-refractivity contribution in [3.05, 3.63) is 45.4 Å². The first kappa shape index (κ1) is 14.1. The van der Waals surface area contributed by atoms with E-state index in [0.29, 0.717) is 6.04 Å². The maximum Gasteiger partial charge on any atom is 0.103 e. The third-order valence-corrected chi connectivity index (χ3v) is 6.07. The summed E-state index contributed by atoms with van der Waals surface area (Å²) in [5, 5.41) is 4.66. The summed E-state index contributed by atoms with van der Waals surface area (Å²) in [5.74, 6) is 0.983. The van der Waals surface area contributed by atoms with Crippen molar-refractivity contribution >= 4 is 23.1 Å². The minimum Gasteiger partial charge on any atom is -0.312 e. The molecule has 0 fully saturated rings. The molecule has 1 aromatic carbocycles. The van der Waals surface area contributed by atoms with E-state index < -0.39 is 0 Å². The summed E-state index contributed by atoms with van der Waals surface area (Å²) >= 11 is 3.79. The highest BCUT2D eigenvalue weighted by Crippen LogP contribution is 2.35. The largest absolute Gasteiger partial charge is 0.312 e. The number of fused-ring (bicyclic) bond motifs is 1. The predicted octanol–water partition coefficient (Wildman–Crippen LogP) is 4.34. The van der Waals surface area contributed by atoms with Gasteiger partial charge in [0.2, 0.25) is 0 Å². The fourth-order valence-corrected chi connectivity index (χ4v) is 4.65. The summed E-state index contributed by atoms with van der Waals surface area (Å²) in [5.41, 5.74) is 2.62. The van der Waals surface area contributed by atoms with E-state index in [1.165, 1.54) is 45.3 Å². The molecule has 1 atom stereocenters. The van der Waals surface area contributed by atoms with E-state index in [0.717, 1.165) is 5.75 Å². The zero-order chi connectivity index (χ0) is 13.9. The third kappa shape index (κ3) is 3.08. The number of hydrogen-bond donors (Lipinski definition) is 1. The Hall–Kier alpha value is -0.840. The van der Waals surface area contributed by atoms with E-state index in [4.69, 9.17) is 4.98 Å². The zero-order valence-corrected chi connectivity index (χ0v) is 13.6. The van der Waals surface area contributed by atoms with Crippen LogP contribution in [0.2, 0.25) is 0 Å². The van der Waals surface area contributed by atoms with Gasteiger partial charge in [0.15, 0.2) is 0 Å². The average molecular weight is 304 g/mol. The molecular formula is C16H20N2S2. The van der Waals surface area contributed by atoms with Crippen molar-refractivity contribution in [2.45, 2.75) is 42.9 Å². The van der Waals surface area contributed by atoms with Gasteiger partial charge in [-0.1, -0.05) is 17.7 Å². The molecule has 1 aliphatic rings. The maximum absolute atomic E-state index is 4.87. The monoisotopic (exact) mass is 304 g/mol. The molecule has 0 saturated heterocycles. The van der Waals surface area contributed by atoms with Gasteiger partial charge in [-0.3, -0.25) is 0 Å². The lowest BCUT2D eigenvalue weighted by atomic mass is 9.98. The van der Waals surface area contributed by atoms with Crippen LogP contribution in [0.25, 0.3) is 0 Å². The normalized spacial score (nSPS) is 18.0. The molecule has 0 bridgehead atoms. The van der Waals surface area contributed by atoms with Crippen LogP contribution in [-0.2, 0) is 12.2 Å². The summed E-state index contributed by atoms with van der Waals surface area (Å²) in [4.78, 5) is 7.69. The van der Waals surface area contributed by atoms with Crippen molar-refractivity contribution in [3.63, 3.8) is 0 Å². The molecule has 2 aromatic rings. The molecule has 1 aromatic heterocycles. The minimum atomic E-state index is 0.466. The number of nitrogens with one attached hydrogen (secondary N) is 1. The number of hydrogen-bond acceptors (Lipinski definition) is 4. The molecule has 1 N–H and O–H groups in total. The first-order chi connectivity index (χ1) is 9.76. The first-order valence-corrected chi connectivity index (χ1v) is 8.91. The van der Waals surface area contributed by atoms with Gasteiger partial charge < -0.3 is 5.32 Å². The second-order valence-electron chi connectivity index (χ2n) is 5.25. The van der Waals surface area contributed by atoms with Crippen molar-refractivity contribution < 1.29 is 0 Å². The van der Waals surface area contributed by atoms with Gasteiger partial charge in [0.05, 0.1) is 17.5 Å². The van der Waals surface area contributed by atoms with Crippen LogP contribution in [0.15, 0.2) is 29.2 Å². The molecule has 1 aliphatic carbocycles. The first-order valence-electron chi connectivity index (χ1n) is 7.11. The van der Waals surface area contributed by atoms with E-state index in [2.05, 4.69) is 36.5 Å². The number of benzene rings is 1. The third-order valence-electron chi connectivity index (χ3n) is 3.73. The van der Waals surface area contributed by atoms with Gasteiger partial charge in [0.1, 0.15) is 5.01 Å². The number of thioether (sulfide) groups is 1. The molecule has 0 aliphatic heterocycles. The highest BCUT2D eigenvalue weighted by atomic mass is 32.2. The number of nitrogens with zero attached hydrogens (tertiary/aromatic N) is 1. The Morgan fingerprint density at radius 3 is 2.90 bits per heavy atom. The van der Waals surface area contributed by atoms with E-state index in [9.17, 15) is 0 Å². The molecule has 1 unspecified atom stereocenters. The lowest BCUT2D eigenvalue weighted by molar-refractivity contribution is 0.489. The SMILES string of the molecule is CNC1CCCc2sc(CSc3ccc(C)cc3)nc21. The number of thiazole rings is 1. The van der Waals surface area contributed by atoms with Crippen molar-refractivity contribution in [2.75, 3.05) is 7.05 Å². The van der Waals surface area contributed by atoms with Crippen LogP contribution < -0.4 is 5.32 Å².